The van der Waals surface area contributed by atoms with Crippen molar-refractivity contribution in [3.63, 3.8) is 0 Å². The highest BCUT2D eigenvalue weighted by molar-refractivity contribution is 5.71. The first-order chi connectivity index (χ1) is 8.26. The summed E-state index contributed by atoms with van der Waals surface area (Å²) in [6.07, 6.45) is 1.06. The maximum Gasteiger partial charge on any atom is 0.306 e. The van der Waals surface area contributed by atoms with Crippen molar-refractivity contribution in [3.05, 3.63) is 35.4 Å². The second-order valence-corrected chi connectivity index (χ2v) is 4.25. The largest absolute Gasteiger partial charge is 0.466 e. The number of hydrogen-bond donors (Lipinski definition) is 0. The molecule has 88 valence electrons. The van der Waals surface area contributed by atoms with E-state index in [1.807, 2.05) is 24.3 Å². The molecule has 0 amide bonds. The van der Waals surface area contributed by atoms with Gasteiger partial charge in [0, 0.05) is 5.92 Å². The van der Waals surface area contributed by atoms with Gasteiger partial charge in [-0.15, -0.1) is 0 Å². The van der Waals surface area contributed by atoms with Crippen LogP contribution in [0.2, 0.25) is 0 Å². The summed E-state index contributed by atoms with van der Waals surface area (Å²) in [5, 5.41) is 9.15. The molecule has 0 radical (unpaired) electrons. The highest BCUT2D eigenvalue weighted by Gasteiger charge is 2.33. The smallest absolute Gasteiger partial charge is 0.306 e. The summed E-state index contributed by atoms with van der Waals surface area (Å²) >= 11 is 0. The molecular formula is C14H15NO2. The number of carbonyl (C=O) groups is 1. The zero-order valence-electron chi connectivity index (χ0n) is 9.85. The summed E-state index contributed by atoms with van der Waals surface area (Å²) in [6, 6.07) is 10.3. The summed E-state index contributed by atoms with van der Waals surface area (Å²) in [6.45, 7) is 2.19. The summed E-state index contributed by atoms with van der Waals surface area (Å²) in [4.78, 5) is 11.5. The SMILES string of the molecule is CCOC(=O)CC1c2ccccc2CC1C#N. The predicted molar refractivity (Wildman–Crippen MR) is 63.2 cm³/mol. The maximum absolute atomic E-state index is 11.5. The number of nitriles is 1. The molecule has 1 aliphatic rings. The van der Waals surface area contributed by atoms with Crippen LogP contribution >= 0.6 is 0 Å². The first-order valence-corrected chi connectivity index (χ1v) is 5.89. The molecule has 2 atom stereocenters. The van der Waals surface area contributed by atoms with Crippen molar-refractivity contribution >= 4 is 5.97 Å². The standard InChI is InChI=1S/C14H15NO2/c1-2-17-14(16)8-13-11(9-15)7-10-5-3-4-6-12(10)13/h3-6,11,13H,2,7-8H2,1H3. The fourth-order valence-corrected chi connectivity index (χ4v) is 2.47. The lowest BCUT2D eigenvalue weighted by molar-refractivity contribution is -0.143. The lowest BCUT2D eigenvalue weighted by Gasteiger charge is -2.13. The summed E-state index contributed by atoms with van der Waals surface area (Å²) in [7, 11) is 0. The van der Waals surface area contributed by atoms with E-state index in [2.05, 4.69) is 6.07 Å². The molecule has 1 aromatic carbocycles. The first kappa shape index (κ1) is 11.7. The fourth-order valence-electron chi connectivity index (χ4n) is 2.47. The van der Waals surface area contributed by atoms with E-state index in [0.29, 0.717) is 13.0 Å². The first-order valence-electron chi connectivity index (χ1n) is 5.89. The topological polar surface area (TPSA) is 50.1 Å². The van der Waals surface area contributed by atoms with Crippen LogP contribution in [0.3, 0.4) is 0 Å². The Hall–Kier alpha value is -1.82. The number of fused-ring (bicyclic) bond motifs is 1. The van der Waals surface area contributed by atoms with Crippen molar-refractivity contribution in [1.29, 1.82) is 5.26 Å². The highest BCUT2D eigenvalue weighted by atomic mass is 16.5. The van der Waals surface area contributed by atoms with Crippen LogP contribution in [0.25, 0.3) is 0 Å². The molecule has 0 N–H and O–H groups in total. The Balaban J connectivity index is 2.19. The van der Waals surface area contributed by atoms with E-state index in [1.54, 1.807) is 6.92 Å². The van der Waals surface area contributed by atoms with E-state index in [4.69, 9.17) is 10.00 Å². The molecule has 0 aliphatic heterocycles. The van der Waals surface area contributed by atoms with Gasteiger partial charge in [0.05, 0.1) is 25.0 Å². The lowest BCUT2D eigenvalue weighted by Crippen LogP contribution is -2.13. The van der Waals surface area contributed by atoms with Gasteiger partial charge in [-0.05, 0) is 24.5 Å². The molecule has 1 aromatic rings. The van der Waals surface area contributed by atoms with Crippen molar-refractivity contribution in [2.75, 3.05) is 6.61 Å². The Kier molecular flexibility index (Phi) is 3.43. The average molecular weight is 229 g/mol. The molecule has 17 heavy (non-hydrogen) atoms. The van der Waals surface area contributed by atoms with Crippen LogP contribution in [0.5, 0.6) is 0 Å². The highest BCUT2D eigenvalue weighted by Crippen LogP contribution is 2.39. The zero-order chi connectivity index (χ0) is 12.3. The molecule has 2 rings (SSSR count). The van der Waals surface area contributed by atoms with Gasteiger partial charge in [0.15, 0.2) is 0 Å². The van der Waals surface area contributed by atoms with E-state index >= 15 is 0 Å². The Labute approximate surface area is 101 Å². The average Bonchev–Trinajstić information content (AvgIpc) is 2.68. The summed E-state index contributed by atoms with van der Waals surface area (Å²) in [5.41, 5.74) is 2.32. The summed E-state index contributed by atoms with van der Waals surface area (Å²) in [5.74, 6) is -0.318. The number of carbonyl (C=O) groups excluding carboxylic acids is 1. The fraction of sp³-hybridized carbons (Fsp3) is 0.429. The second kappa shape index (κ2) is 5.01. The monoisotopic (exact) mass is 229 g/mol. The van der Waals surface area contributed by atoms with Crippen LogP contribution < -0.4 is 0 Å². The minimum absolute atomic E-state index is 0.00440. The van der Waals surface area contributed by atoms with Crippen LogP contribution in [0.4, 0.5) is 0 Å². The predicted octanol–water partition coefficient (Wildman–Crippen LogP) is 2.42. The quantitative estimate of drug-likeness (QED) is 0.748. The van der Waals surface area contributed by atoms with Gasteiger partial charge in [-0.25, -0.2) is 0 Å². The molecule has 2 unspecified atom stereocenters. The van der Waals surface area contributed by atoms with Gasteiger partial charge in [-0.3, -0.25) is 4.79 Å². The molecule has 0 fully saturated rings. The van der Waals surface area contributed by atoms with Gasteiger partial charge >= 0.3 is 5.97 Å². The number of esters is 1. The third-order valence-electron chi connectivity index (χ3n) is 3.24. The minimum atomic E-state index is -0.213. The van der Waals surface area contributed by atoms with Crippen LogP contribution in [0.15, 0.2) is 24.3 Å². The molecule has 0 bridgehead atoms. The third kappa shape index (κ3) is 2.31. The molecule has 1 aliphatic carbocycles. The molecule has 0 spiro atoms. The lowest BCUT2D eigenvalue weighted by atomic mass is 9.90. The Morgan fingerprint density at radius 1 is 1.53 bits per heavy atom. The number of ether oxygens (including phenoxy) is 1. The van der Waals surface area contributed by atoms with Gasteiger partial charge < -0.3 is 4.74 Å². The van der Waals surface area contributed by atoms with E-state index in [0.717, 1.165) is 12.0 Å². The Bertz CT molecular complexity index is 462. The van der Waals surface area contributed by atoms with Crippen molar-refractivity contribution < 1.29 is 9.53 Å². The van der Waals surface area contributed by atoms with Crippen molar-refractivity contribution in [2.24, 2.45) is 5.92 Å². The third-order valence-corrected chi connectivity index (χ3v) is 3.24. The summed E-state index contributed by atoms with van der Waals surface area (Å²) < 4.78 is 4.96. The van der Waals surface area contributed by atoms with Crippen LogP contribution in [-0.2, 0) is 16.0 Å². The minimum Gasteiger partial charge on any atom is -0.466 e. The Morgan fingerprint density at radius 2 is 2.29 bits per heavy atom. The van der Waals surface area contributed by atoms with E-state index in [9.17, 15) is 4.79 Å². The zero-order valence-corrected chi connectivity index (χ0v) is 9.85. The normalized spacial score (nSPS) is 21.6. The van der Waals surface area contributed by atoms with Crippen molar-refractivity contribution in [1.82, 2.24) is 0 Å². The van der Waals surface area contributed by atoms with Gasteiger partial charge in [-0.2, -0.15) is 5.26 Å². The number of hydrogen-bond acceptors (Lipinski definition) is 3. The molecule has 3 heteroatoms. The van der Waals surface area contributed by atoms with E-state index in [-0.39, 0.29) is 17.8 Å². The van der Waals surface area contributed by atoms with E-state index < -0.39 is 0 Å². The van der Waals surface area contributed by atoms with Crippen LogP contribution in [0.1, 0.15) is 30.4 Å². The van der Waals surface area contributed by atoms with Gasteiger partial charge in [-0.1, -0.05) is 24.3 Å². The van der Waals surface area contributed by atoms with Crippen LogP contribution in [-0.4, -0.2) is 12.6 Å². The molecular weight excluding hydrogens is 214 g/mol. The van der Waals surface area contributed by atoms with E-state index in [1.165, 1.54) is 5.56 Å². The molecule has 0 aromatic heterocycles. The number of nitrogens with zero attached hydrogens (tertiary/aromatic N) is 1. The van der Waals surface area contributed by atoms with Crippen molar-refractivity contribution in [2.45, 2.75) is 25.7 Å². The van der Waals surface area contributed by atoms with Crippen LogP contribution in [0, 0.1) is 17.2 Å². The molecule has 0 saturated heterocycles. The second-order valence-electron chi connectivity index (χ2n) is 4.25. The number of benzene rings is 1. The molecule has 0 heterocycles. The maximum atomic E-state index is 11.5. The van der Waals surface area contributed by atoms with Gasteiger partial charge in [0.1, 0.15) is 0 Å². The molecule has 3 nitrogen and oxygen atoms in total. The number of rotatable bonds is 3. The van der Waals surface area contributed by atoms with Crippen molar-refractivity contribution in [3.8, 4) is 6.07 Å². The molecule has 0 saturated carbocycles. The van der Waals surface area contributed by atoms with Gasteiger partial charge in [0.2, 0.25) is 0 Å². The Morgan fingerprint density at radius 3 is 3.00 bits per heavy atom. The van der Waals surface area contributed by atoms with Gasteiger partial charge in [0.25, 0.3) is 0 Å².